The molecule has 1 N–H and O–H groups in total. The van der Waals surface area contributed by atoms with Gasteiger partial charge in [-0.05, 0) is 50.8 Å². The maximum absolute atomic E-state index is 11.4. The van der Waals surface area contributed by atoms with Gasteiger partial charge in [-0.2, -0.15) is 0 Å². The molecule has 1 aromatic carbocycles. The van der Waals surface area contributed by atoms with E-state index in [0.717, 1.165) is 42.7 Å². The van der Waals surface area contributed by atoms with Gasteiger partial charge in [0.2, 0.25) is 0 Å². The summed E-state index contributed by atoms with van der Waals surface area (Å²) in [7, 11) is 1.65. The number of ether oxygens (including phenoxy) is 3. The fraction of sp³-hybridized carbons (Fsp3) is 0.500. The first-order valence-electron chi connectivity index (χ1n) is 8.29. The zero-order valence-corrected chi connectivity index (χ0v) is 14.0. The molecule has 1 spiro atoms. The van der Waals surface area contributed by atoms with Crippen LogP contribution in [0.15, 0.2) is 30.3 Å². The first-order valence-corrected chi connectivity index (χ1v) is 8.29. The minimum atomic E-state index is -0.587. The van der Waals surface area contributed by atoms with Crippen molar-refractivity contribution < 1.29 is 23.8 Å². The number of carbonyl (C=O) groups is 1. The van der Waals surface area contributed by atoms with E-state index in [1.165, 1.54) is 0 Å². The third kappa shape index (κ3) is 3.64. The minimum absolute atomic E-state index is 0.104. The number of rotatable bonds is 4. The Morgan fingerprint density at radius 3 is 2.88 bits per heavy atom. The standard InChI is InChI=1S/C18H23NO5/c1-3-22-17(20)23-14-7-9-18(10-8-14)12-16(19-24-18)13-5-4-6-15(11-13)21-2/h4-6,11-12,14,19H,3,7-10H2,1-2H3. The second kappa shape index (κ2) is 7.13. The predicted octanol–water partition coefficient (Wildman–Crippen LogP) is 3.43. The van der Waals surface area contributed by atoms with Crippen LogP contribution in [0.25, 0.3) is 5.70 Å². The Bertz CT molecular complexity index is 620. The molecule has 0 amide bonds. The van der Waals surface area contributed by atoms with Gasteiger partial charge in [0.1, 0.15) is 17.5 Å². The van der Waals surface area contributed by atoms with Gasteiger partial charge in [0, 0.05) is 5.56 Å². The van der Waals surface area contributed by atoms with Gasteiger partial charge >= 0.3 is 6.16 Å². The molecule has 0 bridgehead atoms. The summed E-state index contributed by atoms with van der Waals surface area (Å²) in [5, 5.41) is 0. The largest absolute Gasteiger partial charge is 0.508 e. The van der Waals surface area contributed by atoms with E-state index in [4.69, 9.17) is 19.0 Å². The van der Waals surface area contributed by atoms with Crippen LogP contribution in [0.5, 0.6) is 5.75 Å². The maximum Gasteiger partial charge on any atom is 0.508 e. The summed E-state index contributed by atoms with van der Waals surface area (Å²) in [5.41, 5.74) is 4.66. The van der Waals surface area contributed by atoms with Crippen LogP contribution < -0.4 is 10.2 Å². The van der Waals surface area contributed by atoms with Crippen molar-refractivity contribution in [3.8, 4) is 5.75 Å². The highest BCUT2D eigenvalue weighted by atomic mass is 16.7. The Kier molecular flexibility index (Phi) is 4.94. The molecule has 24 heavy (non-hydrogen) atoms. The molecule has 130 valence electrons. The lowest BCUT2D eigenvalue weighted by Gasteiger charge is -2.33. The number of methoxy groups -OCH3 is 1. The summed E-state index contributed by atoms with van der Waals surface area (Å²) in [6, 6.07) is 7.84. The van der Waals surface area contributed by atoms with E-state index in [1.54, 1.807) is 14.0 Å². The number of nitrogens with one attached hydrogen (secondary N) is 1. The van der Waals surface area contributed by atoms with E-state index in [-0.39, 0.29) is 11.7 Å². The van der Waals surface area contributed by atoms with E-state index < -0.39 is 6.16 Å². The van der Waals surface area contributed by atoms with Crippen LogP contribution in [-0.2, 0) is 14.3 Å². The van der Waals surface area contributed by atoms with Gasteiger partial charge in [-0.1, -0.05) is 12.1 Å². The van der Waals surface area contributed by atoms with Crippen LogP contribution in [0.3, 0.4) is 0 Å². The first-order chi connectivity index (χ1) is 11.6. The van der Waals surface area contributed by atoms with E-state index in [1.807, 2.05) is 24.3 Å². The van der Waals surface area contributed by atoms with Crippen LogP contribution in [0, 0.1) is 0 Å². The Morgan fingerprint density at radius 2 is 2.17 bits per heavy atom. The van der Waals surface area contributed by atoms with E-state index in [0.29, 0.717) is 6.61 Å². The highest BCUT2D eigenvalue weighted by Gasteiger charge is 2.40. The molecule has 1 aliphatic heterocycles. The lowest BCUT2D eigenvalue weighted by Crippen LogP contribution is -2.37. The van der Waals surface area contributed by atoms with Crippen LogP contribution in [-0.4, -0.2) is 31.6 Å². The van der Waals surface area contributed by atoms with Gasteiger partial charge < -0.3 is 14.2 Å². The fourth-order valence-electron chi connectivity index (χ4n) is 3.14. The summed E-state index contributed by atoms with van der Waals surface area (Å²) in [6.45, 7) is 2.09. The minimum Gasteiger partial charge on any atom is -0.497 e. The molecule has 1 aliphatic carbocycles. The zero-order valence-electron chi connectivity index (χ0n) is 14.0. The van der Waals surface area contributed by atoms with E-state index >= 15 is 0 Å². The van der Waals surface area contributed by atoms with Gasteiger partial charge in [0.05, 0.1) is 19.4 Å². The zero-order chi connectivity index (χ0) is 17.0. The number of carbonyl (C=O) groups excluding carboxylic acids is 1. The molecule has 0 aromatic heterocycles. The van der Waals surface area contributed by atoms with Gasteiger partial charge in [-0.3, -0.25) is 10.3 Å². The van der Waals surface area contributed by atoms with Crippen LogP contribution in [0.4, 0.5) is 4.79 Å². The molecule has 1 fully saturated rings. The average Bonchev–Trinajstić information content (AvgIpc) is 3.01. The Balaban J connectivity index is 1.62. The summed E-state index contributed by atoms with van der Waals surface area (Å²) in [5.74, 6) is 0.808. The quantitative estimate of drug-likeness (QED) is 0.852. The van der Waals surface area contributed by atoms with Crippen molar-refractivity contribution >= 4 is 11.9 Å². The SMILES string of the molecule is CCOC(=O)OC1CCC2(C=C(c3cccc(OC)c3)NO2)CC1. The normalized spacial score (nSPS) is 25.8. The number of hydroxylamine groups is 1. The van der Waals surface area contributed by atoms with Crippen molar-refractivity contribution in [2.45, 2.75) is 44.3 Å². The van der Waals surface area contributed by atoms with Crippen molar-refractivity contribution in [3.63, 3.8) is 0 Å². The summed E-state index contributed by atoms with van der Waals surface area (Å²) in [6.07, 6.45) is 4.52. The lowest BCUT2D eigenvalue weighted by molar-refractivity contribution is -0.0813. The molecule has 2 aliphatic rings. The van der Waals surface area contributed by atoms with E-state index in [2.05, 4.69) is 11.6 Å². The molecular formula is C18H23NO5. The predicted molar refractivity (Wildman–Crippen MR) is 88.3 cm³/mol. The van der Waals surface area contributed by atoms with Gasteiger partial charge in [0.25, 0.3) is 0 Å². The average molecular weight is 333 g/mol. The van der Waals surface area contributed by atoms with Crippen molar-refractivity contribution in [2.24, 2.45) is 0 Å². The summed E-state index contributed by atoms with van der Waals surface area (Å²) < 4.78 is 15.4. The highest BCUT2D eigenvalue weighted by Crippen LogP contribution is 2.39. The highest BCUT2D eigenvalue weighted by molar-refractivity contribution is 5.67. The van der Waals surface area contributed by atoms with Crippen LogP contribution in [0.1, 0.15) is 38.2 Å². The van der Waals surface area contributed by atoms with Crippen molar-refractivity contribution in [1.29, 1.82) is 0 Å². The van der Waals surface area contributed by atoms with Crippen LogP contribution in [0.2, 0.25) is 0 Å². The Hall–Kier alpha value is -2.21. The topological polar surface area (TPSA) is 66.0 Å². The molecular weight excluding hydrogens is 310 g/mol. The van der Waals surface area contributed by atoms with E-state index in [9.17, 15) is 4.79 Å². The van der Waals surface area contributed by atoms with Crippen molar-refractivity contribution in [1.82, 2.24) is 5.48 Å². The van der Waals surface area contributed by atoms with Crippen LogP contribution >= 0.6 is 0 Å². The van der Waals surface area contributed by atoms with Crippen molar-refractivity contribution in [3.05, 3.63) is 35.9 Å². The summed E-state index contributed by atoms with van der Waals surface area (Å²) in [4.78, 5) is 17.3. The monoisotopic (exact) mass is 333 g/mol. The van der Waals surface area contributed by atoms with Gasteiger partial charge in [-0.15, -0.1) is 0 Å². The molecule has 0 radical (unpaired) electrons. The van der Waals surface area contributed by atoms with Crippen molar-refractivity contribution in [2.75, 3.05) is 13.7 Å². The first kappa shape index (κ1) is 16.6. The molecule has 6 nitrogen and oxygen atoms in total. The molecule has 6 heteroatoms. The second-order valence-electron chi connectivity index (χ2n) is 6.06. The lowest BCUT2D eigenvalue weighted by atomic mass is 9.82. The van der Waals surface area contributed by atoms with Gasteiger partial charge in [0.15, 0.2) is 0 Å². The molecule has 1 saturated carbocycles. The van der Waals surface area contributed by atoms with Gasteiger partial charge in [-0.25, -0.2) is 4.79 Å². The smallest absolute Gasteiger partial charge is 0.497 e. The Morgan fingerprint density at radius 1 is 1.38 bits per heavy atom. The molecule has 0 unspecified atom stereocenters. The molecule has 3 rings (SSSR count). The molecule has 1 aromatic rings. The maximum atomic E-state index is 11.4. The molecule has 1 heterocycles. The second-order valence-corrected chi connectivity index (χ2v) is 6.06. The number of benzene rings is 1. The Labute approximate surface area is 141 Å². The number of hydrogen-bond donors (Lipinski definition) is 1. The summed E-state index contributed by atoms with van der Waals surface area (Å²) >= 11 is 0. The third-order valence-electron chi connectivity index (χ3n) is 4.46. The third-order valence-corrected chi connectivity index (χ3v) is 4.46. The number of hydrogen-bond acceptors (Lipinski definition) is 6. The molecule has 0 saturated heterocycles. The molecule has 0 atom stereocenters. The fourth-order valence-corrected chi connectivity index (χ4v) is 3.14.